The van der Waals surface area contributed by atoms with Crippen LogP contribution < -0.4 is 25.2 Å². The van der Waals surface area contributed by atoms with E-state index in [0.29, 0.717) is 17.8 Å². The zero-order valence-electron chi connectivity index (χ0n) is 22.8. The molecule has 1 aliphatic heterocycles. The van der Waals surface area contributed by atoms with Gasteiger partial charge in [0.2, 0.25) is 5.91 Å². The molecule has 2 amide bonds. The summed E-state index contributed by atoms with van der Waals surface area (Å²) < 4.78 is 5.56. The van der Waals surface area contributed by atoms with Gasteiger partial charge >= 0.3 is 0 Å². The number of hydrogen-bond acceptors (Lipinski definition) is 5. The van der Waals surface area contributed by atoms with Gasteiger partial charge in [0.1, 0.15) is 5.75 Å². The van der Waals surface area contributed by atoms with E-state index < -0.39 is 5.41 Å². The normalized spacial score (nSPS) is 13.7. The molecule has 7 nitrogen and oxygen atoms in total. The van der Waals surface area contributed by atoms with Crippen LogP contribution in [0.4, 0.5) is 17.1 Å². The van der Waals surface area contributed by atoms with E-state index in [-0.39, 0.29) is 11.8 Å². The minimum absolute atomic E-state index is 0.0916. The summed E-state index contributed by atoms with van der Waals surface area (Å²) in [5, 5.41) is 6.05. The SMILES string of the molecule is COc1ccccc1N1CCN(c2ccc(NC(=O)C(C)(C)C)cc2C(=O)NCCc2ccccc2)CC1. The first-order valence-electron chi connectivity index (χ1n) is 13.2. The molecule has 2 N–H and O–H groups in total. The summed E-state index contributed by atoms with van der Waals surface area (Å²) in [5.41, 5.74) is 3.77. The van der Waals surface area contributed by atoms with Crippen LogP contribution in [0.25, 0.3) is 0 Å². The van der Waals surface area contributed by atoms with Crippen LogP contribution in [0.15, 0.2) is 72.8 Å². The van der Waals surface area contributed by atoms with Crippen molar-refractivity contribution in [3.63, 3.8) is 0 Å². The van der Waals surface area contributed by atoms with Crippen LogP contribution in [0.1, 0.15) is 36.7 Å². The summed E-state index contributed by atoms with van der Waals surface area (Å²) in [4.78, 5) is 30.6. The molecule has 0 atom stereocenters. The predicted octanol–water partition coefficient (Wildman–Crippen LogP) is 4.98. The Bertz CT molecular complexity index is 1250. The lowest BCUT2D eigenvalue weighted by Gasteiger charge is -2.38. The molecule has 200 valence electrons. The third kappa shape index (κ3) is 6.65. The van der Waals surface area contributed by atoms with Gasteiger partial charge in [-0.25, -0.2) is 0 Å². The van der Waals surface area contributed by atoms with Gasteiger partial charge in [0.25, 0.3) is 5.91 Å². The fraction of sp³-hybridized carbons (Fsp3) is 0.355. The highest BCUT2D eigenvalue weighted by molar-refractivity contribution is 6.02. The van der Waals surface area contributed by atoms with E-state index in [1.165, 1.54) is 5.56 Å². The van der Waals surface area contributed by atoms with E-state index in [1.54, 1.807) is 13.2 Å². The van der Waals surface area contributed by atoms with Crippen LogP contribution in [0.5, 0.6) is 5.75 Å². The Morgan fingerprint density at radius 2 is 1.47 bits per heavy atom. The second-order valence-electron chi connectivity index (χ2n) is 10.6. The molecule has 0 aliphatic carbocycles. The molecule has 1 aliphatic rings. The lowest BCUT2D eigenvalue weighted by molar-refractivity contribution is -0.123. The van der Waals surface area contributed by atoms with Crippen LogP contribution in [0, 0.1) is 5.41 Å². The number of amides is 2. The van der Waals surface area contributed by atoms with Crippen molar-refractivity contribution in [3.05, 3.63) is 83.9 Å². The summed E-state index contributed by atoms with van der Waals surface area (Å²) >= 11 is 0. The van der Waals surface area contributed by atoms with Gasteiger partial charge in [-0.3, -0.25) is 9.59 Å². The maximum absolute atomic E-state index is 13.4. The molecular weight excluding hydrogens is 476 g/mol. The second kappa shape index (κ2) is 12.0. The predicted molar refractivity (Wildman–Crippen MR) is 154 cm³/mol. The van der Waals surface area contributed by atoms with Gasteiger partial charge in [0, 0.05) is 49.5 Å². The fourth-order valence-electron chi connectivity index (χ4n) is 4.53. The molecule has 1 heterocycles. The molecule has 0 unspecified atom stereocenters. The average Bonchev–Trinajstić information content (AvgIpc) is 2.93. The van der Waals surface area contributed by atoms with E-state index in [9.17, 15) is 9.59 Å². The fourth-order valence-corrected chi connectivity index (χ4v) is 4.53. The molecule has 0 aromatic heterocycles. The summed E-state index contributed by atoms with van der Waals surface area (Å²) in [6, 6.07) is 23.8. The minimum Gasteiger partial charge on any atom is -0.495 e. The van der Waals surface area contributed by atoms with Crippen LogP contribution >= 0.6 is 0 Å². The van der Waals surface area contributed by atoms with E-state index in [2.05, 4.69) is 38.6 Å². The summed E-state index contributed by atoms with van der Waals surface area (Å²) in [6.45, 7) is 9.27. The van der Waals surface area contributed by atoms with E-state index in [1.807, 2.05) is 69.3 Å². The number of nitrogens with one attached hydrogen (secondary N) is 2. The third-order valence-electron chi connectivity index (χ3n) is 6.77. The minimum atomic E-state index is -0.536. The van der Waals surface area contributed by atoms with Gasteiger partial charge in [0.15, 0.2) is 0 Å². The second-order valence-corrected chi connectivity index (χ2v) is 10.6. The Hall–Kier alpha value is -4.00. The number of piperazine rings is 1. The van der Waals surface area contributed by atoms with E-state index in [4.69, 9.17) is 4.74 Å². The number of anilines is 3. The van der Waals surface area contributed by atoms with Crippen molar-refractivity contribution in [2.75, 3.05) is 55.0 Å². The molecule has 3 aromatic rings. The Labute approximate surface area is 225 Å². The standard InChI is InChI=1S/C31H38N4O3/c1-31(2,3)30(37)33-24-14-15-26(25(22-24)29(36)32-17-16-23-10-6-5-7-11-23)34-18-20-35(21-19-34)27-12-8-9-13-28(27)38-4/h5-15,22H,16-21H2,1-4H3,(H,32,36)(H,33,37). The molecule has 0 radical (unpaired) electrons. The van der Waals surface area contributed by atoms with Crippen molar-refractivity contribution < 1.29 is 14.3 Å². The van der Waals surface area contributed by atoms with Crippen molar-refractivity contribution in [2.24, 2.45) is 5.41 Å². The number of methoxy groups -OCH3 is 1. The lowest BCUT2D eigenvalue weighted by atomic mass is 9.95. The van der Waals surface area contributed by atoms with Gasteiger partial charge in [-0.05, 0) is 42.3 Å². The number of hydrogen-bond donors (Lipinski definition) is 2. The highest BCUT2D eigenvalue weighted by Crippen LogP contribution is 2.31. The molecule has 7 heteroatoms. The lowest BCUT2D eigenvalue weighted by Crippen LogP contribution is -2.47. The smallest absolute Gasteiger partial charge is 0.253 e. The quantitative estimate of drug-likeness (QED) is 0.444. The molecule has 0 bridgehead atoms. The van der Waals surface area contributed by atoms with E-state index in [0.717, 1.165) is 49.7 Å². The third-order valence-corrected chi connectivity index (χ3v) is 6.77. The highest BCUT2D eigenvalue weighted by Gasteiger charge is 2.25. The van der Waals surface area contributed by atoms with Gasteiger partial charge in [-0.1, -0.05) is 63.2 Å². The van der Waals surface area contributed by atoms with Crippen LogP contribution in [-0.2, 0) is 11.2 Å². The molecule has 1 saturated heterocycles. The van der Waals surface area contributed by atoms with Crippen molar-refractivity contribution >= 4 is 28.9 Å². The Kier molecular flexibility index (Phi) is 8.56. The highest BCUT2D eigenvalue weighted by atomic mass is 16.5. The maximum atomic E-state index is 13.4. The van der Waals surface area contributed by atoms with Crippen molar-refractivity contribution in [1.29, 1.82) is 0 Å². The van der Waals surface area contributed by atoms with E-state index >= 15 is 0 Å². The average molecular weight is 515 g/mol. The molecule has 0 saturated carbocycles. The largest absolute Gasteiger partial charge is 0.495 e. The van der Waals surface area contributed by atoms with Crippen molar-refractivity contribution in [3.8, 4) is 5.75 Å². The Morgan fingerprint density at radius 3 is 2.13 bits per heavy atom. The first kappa shape index (κ1) is 27.0. The number of ether oxygens (including phenoxy) is 1. The first-order chi connectivity index (χ1) is 18.3. The number of para-hydroxylation sites is 2. The summed E-state index contributed by atoms with van der Waals surface area (Å²) in [6.07, 6.45) is 0.750. The monoisotopic (exact) mass is 514 g/mol. The van der Waals surface area contributed by atoms with Crippen LogP contribution in [0.3, 0.4) is 0 Å². The van der Waals surface area contributed by atoms with Crippen molar-refractivity contribution in [2.45, 2.75) is 27.2 Å². The number of benzene rings is 3. The van der Waals surface area contributed by atoms with Gasteiger partial charge in [-0.2, -0.15) is 0 Å². The van der Waals surface area contributed by atoms with Gasteiger partial charge in [0.05, 0.1) is 18.4 Å². The summed E-state index contributed by atoms with van der Waals surface area (Å²) in [5.74, 6) is 0.624. The van der Waals surface area contributed by atoms with Crippen molar-refractivity contribution in [1.82, 2.24) is 5.32 Å². The molecule has 1 fully saturated rings. The number of carbonyl (C=O) groups excluding carboxylic acids is 2. The number of rotatable bonds is 8. The zero-order chi connectivity index (χ0) is 27.1. The maximum Gasteiger partial charge on any atom is 0.253 e. The van der Waals surface area contributed by atoms with Gasteiger partial charge in [-0.15, -0.1) is 0 Å². The summed E-state index contributed by atoms with van der Waals surface area (Å²) in [7, 11) is 1.69. The van der Waals surface area contributed by atoms with Gasteiger partial charge < -0.3 is 25.2 Å². The van der Waals surface area contributed by atoms with Crippen LogP contribution in [0.2, 0.25) is 0 Å². The molecule has 3 aromatic carbocycles. The zero-order valence-corrected chi connectivity index (χ0v) is 22.8. The topological polar surface area (TPSA) is 73.9 Å². The molecule has 4 rings (SSSR count). The van der Waals surface area contributed by atoms with Crippen LogP contribution in [-0.4, -0.2) is 51.6 Å². The molecular formula is C31H38N4O3. The first-order valence-corrected chi connectivity index (χ1v) is 13.2. The Balaban J connectivity index is 1.51. The number of nitrogens with zero attached hydrogens (tertiary/aromatic N) is 2. The molecule has 0 spiro atoms. The Morgan fingerprint density at radius 1 is 0.842 bits per heavy atom. The molecule has 38 heavy (non-hydrogen) atoms. The number of carbonyl (C=O) groups is 2.